The maximum atomic E-state index is 12.0. The van der Waals surface area contributed by atoms with Gasteiger partial charge in [0.05, 0.1) is 17.8 Å². The molecule has 1 N–H and O–H groups in total. The summed E-state index contributed by atoms with van der Waals surface area (Å²) in [5.41, 5.74) is 0.905. The molecule has 0 fully saturated rings. The summed E-state index contributed by atoms with van der Waals surface area (Å²) in [6.45, 7) is 0.463. The highest BCUT2D eigenvalue weighted by atomic mass is 35.5. The van der Waals surface area contributed by atoms with Crippen molar-refractivity contribution in [2.45, 2.75) is 13.1 Å². The van der Waals surface area contributed by atoms with Crippen LogP contribution in [0.2, 0.25) is 15.1 Å². The summed E-state index contributed by atoms with van der Waals surface area (Å²) >= 11 is 18.0. The van der Waals surface area contributed by atoms with Gasteiger partial charge < -0.3 is 5.32 Å². The smallest absolute Gasteiger partial charge is 0.247 e. The van der Waals surface area contributed by atoms with Gasteiger partial charge in [0, 0.05) is 17.4 Å². The highest BCUT2D eigenvalue weighted by Gasteiger charge is 2.12. The molecule has 3 rings (SSSR count). The van der Waals surface area contributed by atoms with Gasteiger partial charge in [-0.1, -0.05) is 53.0 Å². The number of rotatable bonds is 5. The number of hydrogen-bond acceptors (Lipinski definition) is 3. The number of hydrogen-bond donors (Lipinski definition) is 1. The van der Waals surface area contributed by atoms with Crippen LogP contribution in [0.3, 0.4) is 0 Å². The van der Waals surface area contributed by atoms with Gasteiger partial charge in [0.25, 0.3) is 0 Å². The van der Waals surface area contributed by atoms with E-state index in [4.69, 9.17) is 34.8 Å². The molecule has 0 atom stereocenters. The fourth-order valence-electron chi connectivity index (χ4n) is 2.11. The van der Waals surface area contributed by atoms with Gasteiger partial charge >= 0.3 is 0 Å². The van der Waals surface area contributed by atoms with E-state index in [1.807, 2.05) is 18.2 Å². The maximum absolute atomic E-state index is 12.0. The number of carbonyl (C=O) groups is 1. The lowest BCUT2D eigenvalue weighted by atomic mass is 10.2. The van der Waals surface area contributed by atoms with Crippen LogP contribution in [0, 0.1) is 0 Å². The standard InChI is InChI=1S/C15H12Cl3N5O/c16-11-5-19-22(7-11)9-14(24)20-15-13(18)8-23(21-15)6-10-3-1-2-4-12(10)17/h1-5,7-8H,6,9H2,(H,20,21,24). The van der Waals surface area contributed by atoms with E-state index < -0.39 is 0 Å². The Balaban J connectivity index is 1.67. The fourth-order valence-corrected chi connectivity index (χ4v) is 2.66. The van der Waals surface area contributed by atoms with Gasteiger partial charge in [-0.2, -0.15) is 10.2 Å². The van der Waals surface area contributed by atoms with Crippen molar-refractivity contribution in [3.63, 3.8) is 0 Å². The molecule has 9 heteroatoms. The Bertz CT molecular complexity index is 874. The fraction of sp³-hybridized carbons (Fsp3) is 0.133. The number of halogens is 3. The molecule has 1 amide bonds. The third kappa shape index (κ3) is 4.08. The minimum atomic E-state index is -0.306. The average molecular weight is 385 g/mol. The van der Waals surface area contributed by atoms with E-state index >= 15 is 0 Å². The minimum absolute atomic E-state index is 0.0143. The van der Waals surface area contributed by atoms with E-state index in [2.05, 4.69) is 15.5 Å². The molecule has 0 aliphatic heterocycles. The number of amides is 1. The Kier molecular flexibility index (Phi) is 5.08. The molecule has 0 spiro atoms. The molecule has 6 nitrogen and oxygen atoms in total. The van der Waals surface area contributed by atoms with Crippen LogP contribution in [0.15, 0.2) is 42.9 Å². The lowest BCUT2D eigenvalue weighted by Crippen LogP contribution is -2.19. The lowest BCUT2D eigenvalue weighted by Gasteiger charge is -2.04. The van der Waals surface area contributed by atoms with Crippen LogP contribution < -0.4 is 5.32 Å². The summed E-state index contributed by atoms with van der Waals surface area (Å²) in [6.07, 6.45) is 4.64. The highest BCUT2D eigenvalue weighted by molar-refractivity contribution is 6.33. The number of aromatic nitrogens is 4. The van der Waals surface area contributed by atoms with Crippen LogP contribution in [0.5, 0.6) is 0 Å². The van der Waals surface area contributed by atoms with Crippen LogP contribution in [-0.2, 0) is 17.9 Å². The molecule has 24 heavy (non-hydrogen) atoms. The molecule has 0 saturated heterocycles. The van der Waals surface area contributed by atoms with Crippen molar-refractivity contribution >= 4 is 46.5 Å². The monoisotopic (exact) mass is 383 g/mol. The first-order chi connectivity index (χ1) is 11.5. The molecule has 0 aliphatic rings. The minimum Gasteiger partial charge on any atom is -0.306 e. The molecular formula is C15H12Cl3N5O. The average Bonchev–Trinajstić information content (AvgIpc) is 3.08. The molecule has 1 aromatic carbocycles. The first kappa shape index (κ1) is 16.8. The van der Waals surface area contributed by atoms with Crippen molar-refractivity contribution in [1.29, 1.82) is 0 Å². The molecule has 0 unspecified atom stereocenters. The van der Waals surface area contributed by atoms with Crippen molar-refractivity contribution in [2.75, 3.05) is 5.32 Å². The normalized spacial score (nSPS) is 10.8. The zero-order valence-electron chi connectivity index (χ0n) is 12.3. The predicted octanol–water partition coefficient (Wildman–Crippen LogP) is 3.73. The van der Waals surface area contributed by atoms with Gasteiger partial charge in [-0.25, -0.2) is 0 Å². The first-order valence-electron chi connectivity index (χ1n) is 6.95. The zero-order chi connectivity index (χ0) is 17.1. The third-order valence-corrected chi connectivity index (χ3v) is 4.01. The van der Waals surface area contributed by atoms with Crippen molar-refractivity contribution in [1.82, 2.24) is 19.6 Å². The predicted molar refractivity (Wildman–Crippen MR) is 93.7 cm³/mol. The van der Waals surface area contributed by atoms with E-state index in [9.17, 15) is 4.79 Å². The Hall–Kier alpha value is -2.02. The maximum Gasteiger partial charge on any atom is 0.247 e. The Labute approximate surface area is 152 Å². The van der Waals surface area contributed by atoms with Gasteiger partial charge in [-0.15, -0.1) is 0 Å². The number of nitrogens with zero attached hydrogens (tertiary/aromatic N) is 4. The number of anilines is 1. The van der Waals surface area contributed by atoms with E-state index in [-0.39, 0.29) is 18.3 Å². The Morgan fingerprint density at radius 3 is 2.58 bits per heavy atom. The largest absolute Gasteiger partial charge is 0.306 e. The summed E-state index contributed by atoms with van der Waals surface area (Å²) in [5.74, 6) is -0.0216. The Morgan fingerprint density at radius 1 is 1.08 bits per heavy atom. The second-order valence-corrected chi connectivity index (χ2v) is 6.27. The Morgan fingerprint density at radius 2 is 1.88 bits per heavy atom. The summed E-state index contributed by atoms with van der Waals surface area (Å²) < 4.78 is 3.04. The zero-order valence-corrected chi connectivity index (χ0v) is 14.6. The molecule has 3 aromatic rings. The van der Waals surface area contributed by atoms with Crippen LogP contribution in [0.4, 0.5) is 5.82 Å². The van der Waals surface area contributed by atoms with E-state index in [1.165, 1.54) is 10.9 Å². The van der Waals surface area contributed by atoms with Crippen molar-refractivity contribution in [2.24, 2.45) is 0 Å². The molecule has 2 aromatic heterocycles. The SMILES string of the molecule is O=C(Cn1cc(Cl)cn1)Nc1nn(Cc2ccccc2Cl)cc1Cl. The van der Waals surface area contributed by atoms with Crippen LogP contribution in [-0.4, -0.2) is 25.5 Å². The molecule has 0 aliphatic carbocycles. The third-order valence-electron chi connectivity index (χ3n) is 3.17. The van der Waals surface area contributed by atoms with E-state index in [0.717, 1.165) is 5.56 Å². The lowest BCUT2D eigenvalue weighted by molar-refractivity contribution is -0.116. The van der Waals surface area contributed by atoms with Gasteiger partial charge in [0.15, 0.2) is 5.82 Å². The summed E-state index contributed by atoms with van der Waals surface area (Å²) in [4.78, 5) is 12.0. The van der Waals surface area contributed by atoms with Crippen LogP contribution in [0.25, 0.3) is 0 Å². The second-order valence-electron chi connectivity index (χ2n) is 5.02. The number of carbonyl (C=O) groups excluding carboxylic acids is 1. The van der Waals surface area contributed by atoms with Gasteiger partial charge in [0.1, 0.15) is 11.6 Å². The van der Waals surface area contributed by atoms with E-state index in [1.54, 1.807) is 23.1 Å². The molecule has 0 saturated carbocycles. The molecule has 2 heterocycles. The summed E-state index contributed by atoms with van der Waals surface area (Å²) in [7, 11) is 0. The molecule has 124 valence electrons. The van der Waals surface area contributed by atoms with Crippen molar-refractivity contribution < 1.29 is 4.79 Å². The van der Waals surface area contributed by atoms with Gasteiger partial charge in [0.2, 0.25) is 5.91 Å². The van der Waals surface area contributed by atoms with Crippen LogP contribution in [0.1, 0.15) is 5.56 Å². The number of benzene rings is 1. The topological polar surface area (TPSA) is 64.7 Å². The van der Waals surface area contributed by atoms with Crippen molar-refractivity contribution in [3.05, 3.63) is 63.5 Å². The van der Waals surface area contributed by atoms with Gasteiger partial charge in [-0.05, 0) is 11.6 Å². The van der Waals surface area contributed by atoms with E-state index in [0.29, 0.717) is 21.6 Å². The second kappa shape index (κ2) is 7.25. The summed E-state index contributed by atoms with van der Waals surface area (Å²) in [5, 5.41) is 12.3. The first-order valence-corrected chi connectivity index (χ1v) is 8.09. The molecular weight excluding hydrogens is 373 g/mol. The molecule has 0 radical (unpaired) electrons. The van der Waals surface area contributed by atoms with Crippen molar-refractivity contribution in [3.8, 4) is 0 Å². The van der Waals surface area contributed by atoms with Gasteiger partial charge in [-0.3, -0.25) is 14.2 Å². The number of nitrogens with one attached hydrogen (secondary N) is 1. The molecule has 0 bridgehead atoms. The highest BCUT2D eigenvalue weighted by Crippen LogP contribution is 2.22. The van der Waals surface area contributed by atoms with Crippen LogP contribution >= 0.6 is 34.8 Å². The summed E-state index contributed by atoms with van der Waals surface area (Å²) in [6, 6.07) is 7.46. The quantitative estimate of drug-likeness (QED) is 0.729.